The van der Waals surface area contributed by atoms with Crippen LogP contribution < -0.4 is 5.32 Å². The Balaban J connectivity index is 1.70. The van der Waals surface area contributed by atoms with Gasteiger partial charge in [-0.25, -0.2) is 8.42 Å². The second kappa shape index (κ2) is 8.31. The van der Waals surface area contributed by atoms with Crippen molar-refractivity contribution in [3.05, 3.63) is 77.3 Å². The fourth-order valence-corrected chi connectivity index (χ4v) is 4.21. The normalized spacial score (nSPS) is 12.9. The Labute approximate surface area is 170 Å². The van der Waals surface area contributed by atoms with Crippen LogP contribution in [0.25, 0.3) is 10.8 Å². The van der Waals surface area contributed by atoms with Crippen molar-refractivity contribution in [1.29, 1.82) is 0 Å². The number of nitrogens with one attached hydrogen (secondary N) is 1. The molecule has 0 radical (unpaired) electrons. The molecule has 3 rings (SSSR count). The second-order valence-electron chi connectivity index (χ2n) is 6.61. The molecule has 0 bridgehead atoms. The number of fused-ring (bicyclic) bond motifs is 1. The highest BCUT2D eigenvalue weighted by molar-refractivity contribution is 7.89. The summed E-state index contributed by atoms with van der Waals surface area (Å²) in [5, 5.41) is 5.21. The third-order valence-electron chi connectivity index (χ3n) is 4.54. The number of carbonyl (C=O) groups excluding carboxylic acids is 1. The van der Waals surface area contributed by atoms with Gasteiger partial charge in [-0.3, -0.25) is 4.79 Å². The number of hydrogen-bond acceptors (Lipinski definition) is 3. The second-order valence-corrected chi connectivity index (χ2v) is 9.09. The highest BCUT2D eigenvalue weighted by atomic mass is 35.5. The van der Waals surface area contributed by atoms with Crippen LogP contribution in [0.4, 0.5) is 0 Å². The molecule has 0 aliphatic rings. The first-order chi connectivity index (χ1) is 13.3. The summed E-state index contributed by atoms with van der Waals surface area (Å²) < 4.78 is 26.7. The van der Waals surface area contributed by atoms with E-state index in [0.29, 0.717) is 5.02 Å². The predicted molar refractivity (Wildman–Crippen MR) is 112 cm³/mol. The van der Waals surface area contributed by atoms with Gasteiger partial charge in [-0.15, -0.1) is 0 Å². The molecule has 3 aromatic carbocycles. The van der Waals surface area contributed by atoms with Crippen molar-refractivity contribution in [2.75, 3.05) is 13.6 Å². The number of sulfonamides is 1. The lowest BCUT2D eigenvalue weighted by Crippen LogP contribution is -2.39. The molecule has 5 nitrogen and oxygen atoms in total. The Kier molecular flexibility index (Phi) is 6.03. The minimum atomic E-state index is -3.78. The van der Waals surface area contributed by atoms with Crippen molar-refractivity contribution in [1.82, 2.24) is 9.62 Å². The minimum Gasteiger partial charge on any atom is -0.348 e. The number of nitrogens with zero attached hydrogens (tertiary/aromatic N) is 1. The van der Waals surface area contributed by atoms with E-state index >= 15 is 0 Å². The van der Waals surface area contributed by atoms with Gasteiger partial charge in [-0.05, 0) is 47.5 Å². The molecule has 1 amide bonds. The number of amides is 1. The Morgan fingerprint density at radius 3 is 2.36 bits per heavy atom. The zero-order chi connectivity index (χ0) is 20.3. The SMILES string of the molecule is C[C@H](NC(=O)CN(C)S(=O)(=O)c1ccc2ccccc2c1)c1ccc(Cl)cc1. The Morgan fingerprint density at radius 2 is 1.68 bits per heavy atom. The van der Waals surface area contributed by atoms with Gasteiger partial charge in [-0.2, -0.15) is 4.31 Å². The lowest BCUT2D eigenvalue weighted by atomic mass is 10.1. The van der Waals surface area contributed by atoms with Gasteiger partial charge in [0.1, 0.15) is 0 Å². The summed E-state index contributed by atoms with van der Waals surface area (Å²) >= 11 is 5.87. The summed E-state index contributed by atoms with van der Waals surface area (Å²) in [7, 11) is -2.38. The van der Waals surface area contributed by atoms with Crippen molar-refractivity contribution < 1.29 is 13.2 Å². The van der Waals surface area contributed by atoms with Crippen LogP contribution in [0.5, 0.6) is 0 Å². The van der Waals surface area contributed by atoms with Crippen LogP contribution in [-0.2, 0) is 14.8 Å². The van der Waals surface area contributed by atoms with Crippen LogP contribution in [0.1, 0.15) is 18.5 Å². The maximum Gasteiger partial charge on any atom is 0.243 e. The molecule has 0 fully saturated rings. The molecule has 1 atom stereocenters. The van der Waals surface area contributed by atoms with Crippen LogP contribution >= 0.6 is 11.6 Å². The van der Waals surface area contributed by atoms with Gasteiger partial charge in [0.25, 0.3) is 0 Å². The molecule has 146 valence electrons. The Hall–Kier alpha value is -2.41. The van der Waals surface area contributed by atoms with Crippen molar-refractivity contribution >= 4 is 38.3 Å². The molecule has 0 saturated carbocycles. The Bertz CT molecular complexity index is 1100. The molecule has 0 aliphatic carbocycles. The zero-order valence-electron chi connectivity index (χ0n) is 15.6. The molecule has 0 heterocycles. The van der Waals surface area contributed by atoms with Gasteiger partial charge in [-0.1, -0.05) is 54.1 Å². The van der Waals surface area contributed by atoms with E-state index in [4.69, 9.17) is 11.6 Å². The van der Waals surface area contributed by atoms with E-state index in [1.807, 2.05) is 43.3 Å². The van der Waals surface area contributed by atoms with Gasteiger partial charge < -0.3 is 5.32 Å². The third-order valence-corrected chi connectivity index (χ3v) is 6.59. The van der Waals surface area contributed by atoms with Crippen LogP contribution in [-0.4, -0.2) is 32.2 Å². The van der Waals surface area contributed by atoms with Gasteiger partial charge in [0.15, 0.2) is 0 Å². The topological polar surface area (TPSA) is 66.5 Å². The standard InChI is InChI=1S/C21H21ClN2O3S/c1-15(16-7-10-19(22)11-8-16)23-21(25)14-24(2)28(26,27)20-12-9-17-5-3-4-6-18(17)13-20/h3-13,15H,14H2,1-2H3,(H,23,25)/t15-/m0/s1. The predicted octanol–water partition coefficient (Wildman–Crippen LogP) is 3.99. The summed E-state index contributed by atoms with van der Waals surface area (Å²) in [6.07, 6.45) is 0. The summed E-state index contributed by atoms with van der Waals surface area (Å²) in [6.45, 7) is 1.56. The number of hydrogen-bond donors (Lipinski definition) is 1. The van der Waals surface area contributed by atoms with E-state index < -0.39 is 10.0 Å². The van der Waals surface area contributed by atoms with E-state index in [2.05, 4.69) is 5.32 Å². The van der Waals surface area contributed by atoms with Gasteiger partial charge in [0, 0.05) is 12.1 Å². The lowest BCUT2D eigenvalue weighted by molar-refractivity contribution is -0.121. The van der Waals surface area contributed by atoms with E-state index in [-0.39, 0.29) is 23.4 Å². The fraction of sp³-hybridized carbons (Fsp3) is 0.190. The first-order valence-corrected chi connectivity index (χ1v) is 10.6. The molecule has 0 unspecified atom stereocenters. The first kappa shape index (κ1) is 20.3. The van der Waals surface area contributed by atoms with Crippen molar-refractivity contribution in [3.63, 3.8) is 0 Å². The monoisotopic (exact) mass is 416 g/mol. The van der Waals surface area contributed by atoms with E-state index in [0.717, 1.165) is 20.6 Å². The third kappa shape index (κ3) is 4.52. The number of rotatable bonds is 6. The molecule has 1 N–H and O–H groups in total. The molecule has 0 aromatic heterocycles. The number of likely N-dealkylation sites (N-methyl/N-ethyl adjacent to an activating group) is 1. The average molecular weight is 417 g/mol. The fourth-order valence-electron chi connectivity index (χ4n) is 2.92. The van der Waals surface area contributed by atoms with Crippen molar-refractivity contribution in [2.24, 2.45) is 0 Å². The zero-order valence-corrected chi connectivity index (χ0v) is 17.2. The maximum atomic E-state index is 12.8. The van der Waals surface area contributed by atoms with Crippen LogP contribution in [0.2, 0.25) is 5.02 Å². The maximum absolute atomic E-state index is 12.8. The summed E-state index contributed by atoms with van der Waals surface area (Å²) in [5.74, 6) is -0.380. The number of carbonyl (C=O) groups is 1. The molecular weight excluding hydrogens is 396 g/mol. The minimum absolute atomic E-state index is 0.159. The molecule has 28 heavy (non-hydrogen) atoms. The van der Waals surface area contributed by atoms with Crippen molar-refractivity contribution in [3.8, 4) is 0 Å². The van der Waals surface area contributed by atoms with Gasteiger partial charge in [0.2, 0.25) is 15.9 Å². The molecule has 0 spiro atoms. The van der Waals surface area contributed by atoms with Crippen LogP contribution in [0.15, 0.2) is 71.6 Å². The van der Waals surface area contributed by atoms with Crippen LogP contribution in [0.3, 0.4) is 0 Å². The molecular formula is C21H21ClN2O3S. The largest absolute Gasteiger partial charge is 0.348 e. The van der Waals surface area contributed by atoms with Gasteiger partial charge >= 0.3 is 0 Å². The molecule has 3 aromatic rings. The van der Waals surface area contributed by atoms with E-state index in [1.165, 1.54) is 7.05 Å². The first-order valence-electron chi connectivity index (χ1n) is 8.77. The molecule has 0 aliphatic heterocycles. The van der Waals surface area contributed by atoms with E-state index in [1.54, 1.807) is 30.3 Å². The van der Waals surface area contributed by atoms with Crippen molar-refractivity contribution in [2.45, 2.75) is 17.9 Å². The van der Waals surface area contributed by atoms with Crippen LogP contribution in [0, 0.1) is 0 Å². The smallest absolute Gasteiger partial charge is 0.243 e. The lowest BCUT2D eigenvalue weighted by Gasteiger charge is -2.19. The average Bonchev–Trinajstić information content (AvgIpc) is 2.67. The van der Waals surface area contributed by atoms with Gasteiger partial charge in [0.05, 0.1) is 17.5 Å². The summed E-state index contributed by atoms with van der Waals surface area (Å²) in [5.41, 5.74) is 0.887. The van der Waals surface area contributed by atoms with E-state index in [9.17, 15) is 13.2 Å². The quantitative estimate of drug-likeness (QED) is 0.660. The molecule has 0 saturated heterocycles. The summed E-state index contributed by atoms with van der Waals surface area (Å²) in [6, 6.07) is 19.3. The molecule has 7 heteroatoms. The highest BCUT2D eigenvalue weighted by Gasteiger charge is 2.24. The summed E-state index contributed by atoms with van der Waals surface area (Å²) in [4.78, 5) is 12.5. The highest BCUT2D eigenvalue weighted by Crippen LogP contribution is 2.21. The number of halogens is 1. The Morgan fingerprint density at radius 1 is 1.04 bits per heavy atom. The number of benzene rings is 3.